The third-order valence-corrected chi connectivity index (χ3v) is 2.95. The maximum Gasteiger partial charge on any atom is 0.246 e. The molecule has 4 heteroatoms. The summed E-state index contributed by atoms with van der Waals surface area (Å²) >= 11 is 1.73. The zero-order valence-corrected chi connectivity index (χ0v) is 11.0. The number of thioether (sulfide) groups is 1. The molecule has 1 rings (SSSR count). The second kappa shape index (κ2) is 7.01. The molecule has 0 saturated heterocycles. The number of benzene rings is 1. The largest absolute Gasteiger partial charge is 0.399 e. The van der Waals surface area contributed by atoms with Crippen molar-refractivity contribution in [1.82, 2.24) is 4.90 Å². The minimum Gasteiger partial charge on any atom is -0.399 e. The minimum absolute atomic E-state index is 0.0240. The molecule has 3 nitrogen and oxygen atoms in total. The highest BCUT2D eigenvalue weighted by atomic mass is 32.2. The number of hydrogen-bond donors (Lipinski definition) is 1. The van der Waals surface area contributed by atoms with Crippen LogP contribution in [0.2, 0.25) is 0 Å². The molecule has 0 saturated carbocycles. The van der Waals surface area contributed by atoms with E-state index in [1.165, 1.54) is 0 Å². The molecule has 2 N–H and O–H groups in total. The van der Waals surface area contributed by atoms with Gasteiger partial charge in [-0.3, -0.25) is 4.79 Å². The number of amides is 1. The first-order chi connectivity index (χ1) is 8.13. The lowest BCUT2D eigenvalue weighted by molar-refractivity contribution is -0.124. The summed E-state index contributed by atoms with van der Waals surface area (Å²) in [4.78, 5) is 13.4. The van der Waals surface area contributed by atoms with E-state index in [4.69, 9.17) is 5.73 Å². The molecule has 0 heterocycles. The van der Waals surface area contributed by atoms with Gasteiger partial charge in [-0.05, 0) is 30.0 Å². The predicted octanol–water partition coefficient (Wildman–Crippen LogP) is 2.10. The van der Waals surface area contributed by atoms with E-state index in [9.17, 15) is 4.79 Å². The van der Waals surface area contributed by atoms with Gasteiger partial charge in [0.05, 0.1) is 0 Å². The minimum atomic E-state index is 0.0240. The number of carbonyl (C=O) groups is 1. The lowest BCUT2D eigenvalue weighted by atomic mass is 10.2. The molecule has 17 heavy (non-hydrogen) atoms. The molecule has 0 spiro atoms. The molecule has 0 aromatic heterocycles. The second-order valence-electron chi connectivity index (χ2n) is 3.75. The van der Waals surface area contributed by atoms with E-state index in [0.717, 1.165) is 23.5 Å². The Morgan fingerprint density at radius 3 is 2.65 bits per heavy atom. The van der Waals surface area contributed by atoms with Crippen LogP contribution in [-0.4, -0.2) is 36.4 Å². The fraction of sp³-hybridized carbons (Fsp3) is 0.308. The second-order valence-corrected chi connectivity index (χ2v) is 4.74. The quantitative estimate of drug-likeness (QED) is 0.643. The van der Waals surface area contributed by atoms with Crippen molar-refractivity contribution in [2.75, 3.05) is 31.3 Å². The van der Waals surface area contributed by atoms with Crippen molar-refractivity contribution in [3.8, 4) is 0 Å². The predicted molar refractivity (Wildman–Crippen MR) is 75.9 cm³/mol. The Bertz CT molecular complexity index is 387. The molecule has 0 fully saturated rings. The summed E-state index contributed by atoms with van der Waals surface area (Å²) in [6.07, 6.45) is 5.42. The van der Waals surface area contributed by atoms with E-state index in [2.05, 4.69) is 0 Å². The van der Waals surface area contributed by atoms with Crippen molar-refractivity contribution in [2.24, 2.45) is 0 Å². The molecule has 0 unspecified atom stereocenters. The number of anilines is 1. The van der Waals surface area contributed by atoms with E-state index in [1.807, 2.05) is 37.6 Å². The number of carbonyl (C=O) groups excluding carboxylic acids is 1. The van der Waals surface area contributed by atoms with Gasteiger partial charge in [-0.1, -0.05) is 12.1 Å². The number of rotatable bonds is 5. The van der Waals surface area contributed by atoms with Crippen LogP contribution in [-0.2, 0) is 4.79 Å². The van der Waals surface area contributed by atoms with Crippen molar-refractivity contribution < 1.29 is 4.79 Å². The molecule has 0 atom stereocenters. The lowest BCUT2D eigenvalue weighted by Gasteiger charge is -2.13. The first-order valence-corrected chi connectivity index (χ1v) is 6.80. The zero-order valence-electron chi connectivity index (χ0n) is 10.2. The third-order valence-electron chi connectivity index (χ3n) is 2.36. The standard InChI is InChI=1S/C13H18N2OS/c1-15(9-10-17-2)13(16)8-5-11-3-6-12(14)7-4-11/h3-8H,9-10,14H2,1-2H3/b8-5+. The number of nitrogens with zero attached hydrogens (tertiary/aromatic N) is 1. The highest BCUT2D eigenvalue weighted by Gasteiger charge is 2.02. The average Bonchev–Trinajstić information content (AvgIpc) is 2.34. The van der Waals surface area contributed by atoms with Gasteiger partial charge in [0.2, 0.25) is 5.91 Å². The monoisotopic (exact) mass is 250 g/mol. The number of hydrogen-bond acceptors (Lipinski definition) is 3. The normalized spacial score (nSPS) is 10.7. The summed E-state index contributed by atoms with van der Waals surface area (Å²) in [5.74, 6) is 0.980. The molecule has 0 aliphatic rings. The summed E-state index contributed by atoms with van der Waals surface area (Å²) < 4.78 is 0. The van der Waals surface area contributed by atoms with Crippen molar-refractivity contribution in [3.05, 3.63) is 35.9 Å². The van der Waals surface area contributed by atoms with Gasteiger partial charge in [-0.15, -0.1) is 0 Å². The summed E-state index contributed by atoms with van der Waals surface area (Å²) in [7, 11) is 1.81. The van der Waals surface area contributed by atoms with Crippen LogP contribution in [0, 0.1) is 0 Å². The van der Waals surface area contributed by atoms with Crippen LogP contribution in [0.4, 0.5) is 5.69 Å². The van der Waals surface area contributed by atoms with Gasteiger partial charge < -0.3 is 10.6 Å². The highest BCUT2D eigenvalue weighted by molar-refractivity contribution is 7.98. The molecule has 0 bridgehead atoms. The van der Waals surface area contributed by atoms with Crippen LogP contribution in [0.25, 0.3) is 6.08 Å². The van der Waals surface area contributed by atoms with Crippen LogP contribution in [0.3, 0.4) is 0 Å². The fourth-order valence-electron chi connectivity index (χ4n) is 1.24. The Kier molecular flexibility index (Phi) is 5.63. The average molecular weight is 250 g/mol. The Balaban J connectivity index is 2.52. The maximum atomic E-state index is 11.7. The van der Waals surface area contributed by atoms with Gasteiger partial charge in [0.25, 0.3) is 0 Å². The zero-order chi connectivity index (χ0) is 12.7. The van der Waals surface area contributed by atoms with Crippen LogP contribution >= 0.6 is 11.8 Å². The Hall–Kier alpha value is -1.42. The van der Waals surface area contributed by atoms with Crippen molar-refractivity contribution in [3.63, 3.8) is 0 Å². The van der Waals surface area contributed by atoms with Gasteiger partial charge in [0, 0.05) is 31.1 Å². The van der Waals surface area contributed by atoms with Gasteiger partial charge in [0.15, 0.2) is 0 Å². The Morgan fingerprint density at radius 2 is 2.06 bits per heavy atom. The molecule has 0 aliphatic carbocycles. The van der Waals surface area contributed by atoms with E-state index >= 15 is 0 Å². The first-order valence-electron chi connectivity index (χ1n) is 5.41. The summed E-state index contributed by atoms with van der Waals surface area (Å²) in [5, 5.41) is 0. The molecule has 1 aromatic carbocycles. The van der Waals surface area contributed by atoms with E-state index < -0.39 is 0 Å². The molecular weight excluding hydrogens is 232 g/mol. The van der Waals surface area contributed by atoms with Crippen LogP contribution < -0.4 is 5.73 Å². The van der Waals surface area contributed by atoms with E-state index in [-0.39, 0.29) is 5.91 Å². The maximum absolute atomic E-state index is 11.7. The van der Waals surface area contributed by atoms with Crippen LogP contribution in [0.1, 0.15) is 5.56 Å². The molecule has 0 aliphatic heterocycles. The first kappa shape index (κ1) is 13.6. The Morgan fingerprint density at radius 1 is 1.41 bits per heavy atom. The number of likely N-dealkylation sites (N-methyl/N-ethyl adjacent to an activating group) is 1. The molecular formula is C13H18N2OS. The van der Waals surface area contributed by atoms with Crippen molar-refractivity contribution >= 4 is 29.4 Å². The lowest BCUT2D eigenvalue weighted by Crippen LogP contribution is -2.26. The van der Waals surface area contributed by atoms with Crippen molar-refractivity contribution in [1.29, 1.82) is 0 Å². The van der Waals surface area contributed by atoms with Crippen LogP contribution in [0.15, 0.2) is 30.3 Å². The highest BCUT2D eigenvalue weighted by Crippen LogP contribution is 2.07. The fourth-order valence-corrected chi connectivity index (χ4v) is 1.70. The summed E-state index contributed by atoms with van der Waals surface area (Å²) in [6, 6.07) is 7.42. The van der Waals surface area contributed by atoms with Gasteiger partial charge >= 0.3 is 0 Å². The Labute approximate surface area is 107 Å². The molecule has 0 radical (unpaired) electrons. The molecule has 1 amide bonds. The number of nitrogens with two attached hydrogens (primary N) is 1. The van der Waals surface area contributed by atoms with Crippen molar-refractivity contribution in [2.45, 2.75) is 0 Å². The van der Waals surface area contributed by atoms with E-state index in [1.54, 1.807) is 28.8 Å². The smallest absolute Gasteiger partial charge is 0.246 e. The third kappa shape index (κ3) is 4.95. The van der Waals surface area contributed by atoms with Crippen LogP contribution in [0.5, 0.6) is 0 Å². The molecule has 1 aromatic rings. The SMILES string of the molecule is CSCCN(C)C(=O)/C=C/c1ccc(N)cc1. The summed E-state index contributed by atoms with van der Waals surface area (Å²) in [5.41, 5.74) is 7.29. The van der Waals surface area contributed by atoms with Gasteiger partial charge in [-0.25, -0.2) is 0 Å². The summed E-state index contributed by atoms with van der Waals surface area (Å²) in [6.45, 7) is 0.770. The topological polar surface area (TPSA) is 46.3 Å². The molecule has 92 valence electrons. The number of nitrogen functional groups attached to an aromatic ring is 1. The van der Waals surface area contributed by atoms with Gasteiger partial charge in [-0.2, -0.15) is 11.8 Å². The van der Waals surface area contributed by atoms with Gasteiger partial charge in [0.1, 0.15) is 0 Å². The van der Waals surface area contributed by atoms with E-state index in [0.29, 0.717) is 0 Å².